The number of nitrogens with zero attached hydrogens (tertiary/aromatic N) is 5. The first kappa shape index (κ1) is 18.4. The Morgan fingerprint density at radius 3 is 2.62 bits per heavy atom. The summed E-state index contributed by atoms with van der Waals surface area (Å²) in [6.07, 6.45) is 3.49. The van der Waals surface area contributed by atoms with Gasteiger partial charge in [0.2, 0.25) is 5.91 Å². The molecule has 1 saturated heterocycles. The zero-order chi connectivity index (χ0) is 18.5. The van der Waals surface area contributed by atoms with Crippen molar-refractivity contribution in [2.75, 3.05) is 13.1 Å². The second kappa shape index (κ2) is 8.35. The van der Waals surface area contributed by atoms with Gasteiger partial charge in [-0.05, 0) is 60.5 Å². The number of benzene rings is 1. The highest BCUT2D eigenvalue weighted by molar-refractivity contribution is 5.76. The van der Waals surface area contributed by atoms with Crippen molar-refractivity contribution < 1.29 is 9.18 Å². The predicted molar refractivity (Wildman–Crippen MR) is 94.5 cm³/mol. The van der Waals surface area contributed by atoms with Crippen molar-refractivity contribution in [3.8, 4) is 0 Å². The second-order valence-electron chi connectivity index (χ2n) is 6.84. The molecule has 26 heavy (non-hydrogen) atoms. The van der Waals surface area contributed by atoms with Crippen LogP contribution in [0.5, 0.6) is 0 Å². The fourth-order valence-corrected chi connectivity index (χ4v) is 3.57. The van der Waals surface area contributed by atoms with Gasteiger partial charge in [0.1, 0.15) is 5.82 Å². The average Bonchev–Trinajstić information content (AvgIpc) is 3.09. The molecule has 2 N–H and O–H groups in total. The first-order chi connectivity index (χ1) is 12.6. The number of primary amides is 1. The highest BCUT2D eigenvalue weighted by Gasteiger charge is 2.30. The van der Waals surface area contributed by atoms with E-state index in [1.54, 1.807) is 16.8 Å². The Hall–Kier alpha value is -2.35. The summed E-state index contributed by atoms with van der Waals surface area (Å²) in [5.41, 5.74) is 6.39. The molecule has 0 aliphatic carbocycles. The zero-order valence-corrected chi connectivity index (χ0v) is 15.0. The molecule has 1 aliphatic rings. The van der Waals surface area contributed by atoms with Crippen molar-refractivity contribution in [3.63, 3.8) is 0 Å². The van der Waals surface area contributed by atoms with E-state index in [1.165, 1.54) is 12.1 Å². The van der Waals surface area contributed by atoms with Crippen molar-refractivity contribution in [3.05, 3.63) is 41.5 Å². The van der Waals surface area contributed by atoms with E-state index in [9.17, 15) is 9.18 Å². The van der Waals surface area contributed by atoms with Crippen LogP contribution in [-0.2, 0) is 11.3 Å². The SMILES string of the molecule is CCCC(c1nnnn1Cc1ccc(F)cc1)N1CCC(C(N)=O)CC1. The van der Waals surface area contributed by atoms with E-state index in [0.717, 1.165) is 50.2 Å². The molecule has 2 heterocycles. The molecule has 0 radical (unpaired) electrons. The summed E-state index contributed by atoms with van der Waals surface area (Å²) in [6.45, 7) is 4.25. The number of carbonyl (C=O) groups excluding carboxylic acids is 1. The molecule has 140 valence electrons. The van der Waals surface area contributed by atoms with Gasteiger partial charge >= 0.3 is 0 Å². The summed E-state index contributed by atoms with van der Waals surface area (Å²) in [4.78, 5) is 13.8. The Balaban J connectivity index is 1.75. The maximum Gasteiger partial charge on any atom is 0.220 e. The zero-order valence-electron chi connectivity index (χ0n) is 15.0. The molecular weight excluding hydrogens is 335 g/mol. The summed E-state index contributed by atoms with van der Waals surface area (Å²) < 4.78 is 14.9. The van der Waals surface area contributed by atoms with Crippen LogP contribution < -0.4 is 5.73 Å². The Kier molecular flexibility index (Phi) is 5.92. The normalized spacial score (nSPS) is 17.3. The molecule has 7 nitrogen and oxygen atoms in total. The Morgan fingerprint density at radius 1 is 1.31 bits per heavy atom. The molecule has 0 saturated carbocycles. The number of tetrazole rings is 1. The second-order valence-corrected chi connectivity index (χ2v) is 6.84. The fraction of sp³-hybridized carbons (Fsp3) is 0.556. The molecular formula is C18H25FN6O. The first-order valence-corrected chi connectivity index (χ1v) is 9.12. The quantitative estimate of drug-likeness (QED) is 0.814. The summed E-state index contributed by atoms with van der Waals surface area (Å²) in [5, 5.41) is 12.3. The molecule has 3 rings (SSSR count). The third-order valence-corrected chi connectivity index (χ3v) is 5.04. The van der Waals surface area contributed by atoms with Crippen LogP contribution in [0.15, 0.2) is 24.3 Å². The fourth-order valence-electron chi connectivity index (χ4n) is 3.57. The monoisotopic (exact) mass is 360 g/mol. The molecule has 1 fully saturated rings. The maximum absolute atomic E-state index is 13.1. The van der Waals surface area contributed by atoms with Crippen LogP contribution in [0.4, 0.5) is 4.39 Å². The van der Waals surface area contributed by atoms with Crippen LogP contribution in [0, 0.1) is 11.7 Å². The number of carbonyl (C=O) groups is 1. The van der Waals surface area contributed by atoms with Gasteiger partial charge in [0.05, 0.1) is 12.6 Å². The van der Waals surface area contributed by atoms with Gasteiger partial charge in [-0.2, -0.15) is 0 Å². The number of amides is 1. The van der Waals surface area contributed by atoms with E-state index in [-0.39, 0.29) is 23.7 Å². The molecule has 1 aromatic carbocycles. The third kappa shape index (κ3) is 4.24. The van der Waals surface area contributed by atoms with Crippen molar-refractivity contribution >= 4 is 5.91 Å². The van der Waals surface area contributed by atoms with Crippen LogP contribution in [0.3, 0.4) is 0 Å². The van der Waals surface area contributed by atoms with Crippen LogP contribution >= 0.6 is 0 Å². The van der Waals surface area contributed by atoms with Gasteiger partial charge in [-0.25, -0.2) is 9.07 Å². The highest BCUT2D eigenvalue weighted by Crippen LogP contribution is 2.29. The van der Waals surface area contributed by atoms with E-state index in [0.29, 0.717) is 6.54 Å². The first-order valence-electron chi connectivity index (χ1n) is 9.12. The van der Waals surface area contributed by atoms with Crippen LogP contribution in [0.2, 0.25) is 0 Å². The van der Waals surface area contributed by atoms with E-state index in [4.69, 9.17) is 5.73 Å². The van der Waals surface area contributed by atoms with E-state index in [2.05, 4.69) is 27.3 Å². The van der Waals surface area contributed by atoms with Gasteiger partial charge in [0.25, 0.3) is 0 Å². The lowest BCUT2D eigenvalue weighted by atomic mass is 9.94. The van der Waals surface area contributed by atoms with Crippen molar-refractivity contribution in [2.24, 2.45) is 11.7 Å². The molecule has 2 aromatic rings. The van der Waals surface area contributed by atoms with Crippen LogP contribution in [0.1, 0.15) is 50.0 Å². The molecule has 1 amide bonds. The van der Waals surface area contributed by atoms with Gasteiger partial charge in [-0.15, -0.1) is 5.10 Å². The minimum atomic E-state index is -0.258. The van der Waals surface area contributed by atoms with Crippen molar-refractivity contribution in [1.82, 2.24) is 25.1 Å². The van der Waals surface area contributed by atoms with Crippen molar-refractivity contribution in [2.45, 2.75) is 45.2 Å². The standard InChI is InChI=1S/C18H25FN6O/c1-2-3-16(24-10-8-14(9-11-24)17(20)26)18-21-22-23-25(18)12-13-4-6-15(19)7-5-13/h4-7,14,16H,2-3,8-12H2,1H3,(H2,20,26). The highest BCUT2D eigenvalue weighted by atomic mass is 19.1. The summed E-state index contributed by atoms with van der Waals surface area (Å²) in [6, 6.07) is 6.47. The molecule has 8 heteroatoms. The lowest BCUT2D eigenvalue weighted by molar-refractivity contribution is -0.123. The molecule has 1 atom stereocenters. The summed E-state index contributed by atoms with van der Waals surface area (Å²) in [7, 11) is 0. The molecule has 0 spiro atoms. The lowest BCUT2D eigenvalue weighted by Gasteiger charge is -2.36. The molecule has 1 aliphatic heterocycles. The van der Waals surface area contributed by atoms with Gasteiger partial charge in [-0.1, -0.05) is 25.5 Å². The number of halogens is 1. The Bertz CT molecular complexity index is 724. The van der Waals surface area contributed by atoms with Gasteiger partial charge < -0.3 is 5.73 Å². The molecule has 0 bridgehead atoms. The molecule has 1 aromatic heterocycles. The lowest BCUT2D eigenvalue weighted by Crippen LogP contribution is -2.41. The number of likely N-dealkylation sites (tertiary alicyclic amines) is 1. The smallest absolute Gasteiger partial charge is 0.220 e. The number of aromatic nitrogens is 4. The molecule has 1 unspecified atom stereocenters. The number of hydrogen-bond acceptors (Lipinski definition) is 5. The van der Waals surface area contributed by atoms with Gasteiger partial charge in [0, 0.05) is 5.92 Å². The number of rotatable bonds is 7. The maximum atomic E-state index is 13.1. The summed E-state index contributed by atoms with van der Waals surface area (Å²) in [5.74, 6) is 0.308. The van der Waals surface area contributed by atoms with Crippen LogP contribution in [-0.4, -0.2) is 44.1 Å². The Morgan fingerprint density at radius 2 is 2.00 bits per heavy atom. The average molecular weight is 360 g/mol. The van der Waals surface area contributed by atoms with E-state index in [1.807, 2.05) is 0 Å². The van der Waals surface area contributed by atoms with Gasteiger partial charge in [0.15, 0.2) is 5.82 Å². The number of hydrogen-bond donors (Lipinski definition) is 1. The third-order valence-electron chi connectivity index (χ3n) is 5.04. The predicted octanol–water partition coefficient (Wildman–Crippen LogP) is 1.90. The minimum Gasteiger partial charge on any atom is -0.369 e. The van der Waals surface area contributed by atoms with Gasteiger partial charge in [-0.3, -0.25) is 9.69 Å². The number of piperidine rings is 1. The van der Waals surface area contributed by atoms with E-state index < -0.39 is 0 Å². The Labute approximate surface area is 152 Å². The van der Waals surface area contributed by atoms with Crippen molar-refractivity contribution in [1.29, 1.82) is 0 Å². The minimum absolute atomic E-state index is 0.0382. The van der Waals surface area contributed by atoms with E-state index >= 15 is 0 Å². The topological polar surface area (TPSA) is 89.9 Å². The van der Waals surface area contributed by atoms with Crippen LogP contribution in [0.25, 0.3) is 0 Å². The largest absolute Gasteiger partial charge is 0.369 e. The summed E-state index contributed by atoms with van der Waals surface area (Å²) >= 11 is 0. The number of nitrogens with two attached hydrogens (primary N) is 1.